The van der Waals surface area contributed by atoms with E-state index in [0.717, 1.165) is 35.2 Å². The van der Waals surface area contributed by atoms with Crippen LogP contribution in [0.2, 0.25) is 5.15 Å². The zero-order valence-corrected chi connectivity index (χ0v) is 14.8. The second-order valence-electron chi connectivity index (χ2n) is 6.43. The molecule has 1 fully saturated rings. The summed E-state index contributed by atoms with van der Waals surface area (Å²) in [4.78, 5) is 21.5. The lowest BCUT2D eigenvalue weighted by Gasteiger charge is -2.46. The number of carbonyl (C=O) groups is 1. The maximum atomic E-state index is 12.7. The third kappa shape index (κ3) is 2.87. The van der Waals surface area contributed by atoms with Gasteiger partial charge in [-0.3, -0.25) is 4.79 Å². The largest absolute Gasteiger partial charge is 0.464 e. The number of nitrogens with zero attached hydrogens (tertiary/aromatic N) is 3. The van der Waals surface area contributed by atoms with Gasteiger partial charge >= 0.3 is 0 Å². The number of rotatable bonds is 2. The average Bonchev–Trinajstić information content (AvgIpc) is 2.99. The predicted molar refractivity (Wildman–Crippen MR) is 101 cm³/mol. The normalized spacial score (nSPS) is 17.9. The molecule has 1 aromatic heterocycles. The van der Waals surface area contributed by atoms with Crippen LogP contribution in [0.1, 0.15) is 17.3 Å². The first kappa shape index (κ1) is 16.0. The molecule has 2 aromatic carbocycles. The quantitative estimate of drug-likeness (QED) is 0.704. The molecule has 0 unspecified atom stereocenters. The van der Waals surface area contributed by atoms with Gasteiger partial charge in [0.25, 0.3) is 5.91 Å². The van der Waals surface area contributed by atoms with Crippen LogP contribution < -0.4 is 9.88 Å². The van der Waals surface area contributed by atoms with Crippen molar-refractivity contribution in [2.24, 2.45) is 0 Å². The van der Waals surface area contributed by atoms with Gasteiger partial charge in [-0.25, -0.2) is 0 Å². The average molecular weight is 353 g/mol. The van der Waals surface area contributed by atoms with E-state index in [1.165, 1.54) is 0 Å². The van der Waals surface area contributed by atoms with Crippen molar-refractivity contribution in [3.63, 3.8) is 0 Å². The number of anilines is 1. The van der Waals surface area contributed by atoms with Gasteiger partial charge in [-0.1, -0.05) is 59.9 Å². The molecule has 1 saturated heterocycles. The summed E-state index contributed by atoms with van der Waals surface area (Å²) in [6.07, 6.45) is 0. The van der Waals surface area contributed by atoms with Gasteiger partial charge in [-0.2, -0.15) is 0 Å². The fourth-order valence-electron chi connectivity index (χ4n) is 3.51. The summed E-state index contributed by atoms with van der Waals surface area (Å²) in [5, 5.41) is 2.60. The standard InChI is InChI=1S/C20H19ClN3O/c1-14-13-23(19-17-10-6-5-9-16(17)18(21)22-19)11-12-24(14)20(25)15-7-3-2-4-8-15/h2-10,14H,11-13H2,1H3/q-1/t14-/m0/s1. The summed E-state index contributed by atoms with van der Waals surface area (Å²) in [5.41, 5.74) is 0.739. The Labute approximate surface area is 152 Å². The maximum absolute atomic E-state index is 12.7. The third-order valence-corrected chi connectivity index (χ3v) is 5.09. The highest BCUT2D eigenvalue weighted by Crippen LogP contribution is 2.32. The zero-order valence-electron chi connectivity index (χ0n) is 14.0. The second kappa shape index (κ2) is 6.45. The molecule has 4 rings (SSSR count). The first-order valence-corrected chi connectivity index (χ1v) is 8.85. The maximum Gasteiger partial charge on any atom is 0.254 e. The molecule has 0 radical (unpaired) electrons. The number of hydrogen-bond acceptors (Lipinski definition) is 2. The number of piperazine rings is 1. The van der Waals surface area contributed by atoms with Crippen molar-refractivity contribution in [2.75, 3.05) is 24.5 Å². The third-order valence-electron chi connectivity index (χ3n) is 4.80. The van der Waals surface area contributed by atoms with E-state index < -0.39 is 0 Å². The summed E-state index contributed by atoms with van der Waals surface area (Å²) in [6, 6.07) is 17.6. The van der Waals surface area contributed by atoms with Gasteiger partial charge in [-0.15, -0.1) is 0 Å². The van der Waals surface area contributed by atoms with Gasteiger partial charge in [0.15, 0.2) is 0 Å². The van der Waals surface area contributed by atoms with E-state index in [9.17, 15) is 4.79 Å². The van der Waals surface area contributed by atoms with Crippen molar-refractivity contribution in [1.82, 2.24) is 9.88 Å². The lowest BCUT2D eigenvalue weighted by molar-refractivity contribution is 0.0674. The van der Waals surface area contributed by atoms with Gasteiger partial charge in [0.2, 0.25) is 0 Å². The molecule has 0 bridgehead atoms. The van der Waals surface area contributed by atoms with Crippen molar-refractivity contribution in [3.8, 4) is 0 Å². The first-order chi connectivity index (χ1) is 12.1. The fourth-order valence-corrected chi connectivity index (χ4v) is 3.76. The van der Waals surface area contributed by atoms with Gasteiger partial charge in [0, 0.05) is 23.3 Å². The van der Waals surface area contributed by atoms with Gasteiger partial charge < -0.3 is 14.8 Å². The van der Waals surface area contributed by atoms with Crippen molar-refractivity contribution in [1.29, 1.82) is 0 Å². The van der Waals surface area contributed by atoms with Crippen LogP contribution in [0.25, 0.3) is 10.8 Å². The molecule has 2 heterocycles. The monoisotopic (exact) mass is 352 g/mol. The minimum absolute atomic E-state index is 0.0890. The lowest BCUT2D eigenvalue weighted by Crippen LogP contribution is -2.54. The summed E-state index contributed by atoms with van der Waals surface area (Å²) in [5.74, 6) is 1.00. The summed E-state index contributed by atoms with van der Waals surface area (Å²) < 4.78 is 0. The van der Waals surface area contributed by atoms with Crippen molar-refractivity contribution in [3.05, 3.63) is 65.3 Å². The Balaban J connectivity index is 1.56. The lowest BCUT2D eigenvalue weighted by atomic mass is 10.1. The Bertz CT molecular complexity index is 906. The molecule has 3 aromatic rings. The first-order valence-electron chi connectivity index (χ1n) is 8.47. The van der Waals surface area contributed by atoms with E-state index in [-0.39, 0.29) is 11.9 Å². The summed E-state index contributed by atoms with van der Waals surface area (Å²) in [7, 11) is 0. The summed E-state index contributed by atoms with van der Waals surface area (Å²) >= 11 is 6.29. The van der Waals surface area contributed by atoms with Crippen LogP contribution in [-0.4, -0.2) is 36.5 Å². The van der Waals surface area contributed by atoms with Gasteiger partial charge in [0.05, 0.1) is 0 Å². The van der Waals surface area contributed by atoms with Crippen LogP contribution in [0.5, 0.6) is 0 Å². The molecule has 1 aliphatic rings. The molecule has 0 spiro atoms. The van der Waals surface area contributed by atoms with Crippen molar-refractivity contribution in [2.45, 2.75) is 13.0 Å². The smallest absolute Gasteiger partial charge is 0.254 e. The fraction of sp³-hybridized carbons (Fsp3) is 0.250. The number of aromatic nitrogens is 1. The number of hydrogen-bond donors (Lipinski definition) is 0. The van der Waals surface area contributed by atoms with E-state index in [4.69, 9.17) is 11.6 Å². The second-order valence-corrected chi connectivity index (χ2v) is 6.79. The van der Waals surface area contributed by atoms with Crippen molar-refractivity contribution < 1.29 is 4.79 Å². The highest BCUT2D eigenvalue weighted by Gasteiger charge is 2.25. The van der Waals surface area contributed by atoms with Crippen LogP contribution in [0.15, 0.2) is 54.6 Å². The predicted octanol–water partition coefficient (Wildman–Crippen LogP) is 3.80. The van der Waals surface area contributed by atoms with E-state index in [2.05, 4.69) is 22.9 Å². The van der Waals surface area contributed by atoms with Gasteiger partial charge in [0.1, 0.15) is 0 Å². The Hall–Kier alpha value is -2.46. The number of amides is 1. The molecule has 4 nitrogen and oxygen atoms in total. The van der Waals surface area contributed by atoms with Crippen molar-refractivity contribution >= 4 is 34.1 Å². The molecular weight excluding hydrogens is 334 g/mol. The molecular formula is C20H19ClN3O-. The number of benzene rings is 2. The van der Waals surface area contributed by atoms with Crippen LogP contribution in [0, 0.1) is 0 Å². The minimum atomic E-state index is 0.0890. The Morgan fingerprint density at radius 2 is 1.72 bits per heavy atom. The highest BCUT2D eigenvalue weighted by molar-refractivity contribution is 6.35. The Morgan fingerprint density at radius 3 is 2.44 bits per heavy atom. The summed E-state index contributed by atoms with van der Waals surface area (Å²) in [6.45, 7) is 4.25. The van der Waals surface area contributed by atoms with Crippen LogP contribution in [-0.2, 0) is 0 Å². The molecule has 128 valence electrons. The molecule has 25 heavy (non-hydrogen) atoms. The number of carbonyl (C=O) groups excluding carboxylic acids is 1. The van der Waals surface area contributed by atoms with E-state index >= 15 is 0 Å². The molecule has 5 heteroatoms. The Kier molecular flexibility index (Phi) is 4.14. The van der Waals surface area contributed by atoms with Crippen LogP contribution in [0.4, 0.5) is 5.82 Å². The molecule has 0 saturated carbocycles. The molecule has 1 amide bonds. The number of halogens is 1. The van der Waals surface area contributed by atoms with E-state index in [1.807, 2.05) is 53.4 Å². The molecule has 0 N–H and O–H groups in total. The van der Waals surface area contributed by atoms with Gasteiger partial charge in [-0.05, 0) is 42.9 Å². The molecule has 1 atom stereocenters. The van der Waals surface area contributed by atoms with Crippen LogP contribution in [0.3, 0.4) is 0 Å². The topological polar surface area (TPSA) is 37.7 Å². The SMILES string of the molecule is C[C@H]1CN(c2[n-]c(Cl)c3ccccc23)CCN1C(=O)c1ccccc1. The minimum Gasteiger partial charge on any atom is -0.464 e. The van der Waals surface area contributed by atoms with Crippen LogP contribution >= 0.6 is 11.6 Å². The molecule has 1 aliphatic heterocycles. The highest BCUT2D eigenvalue weighted by atomic mass is 35.5. The molecule has 0 aliphatic carbocycles. The van der Waals surface area contributed by atoms with E-state index in [0.29, 0.717) is 11.7 Å². The van der Waals surface area contributed by atoms with E-state index in [1.54, 1.807) is 0 Å². The number of fused-ring (bicyclic) bond motifs is 1. The zero-order chi connectivity index (χ0) is 17.4. The Morgan fingerprint density at radius 1 is 1.04 bits per heavy atom.